The second-order valence-corrected chi connectivity index (χ2v) is 9.67. The van der Waals surface area contributed by atoms with E-state index in [1.807, 2.05) is 40.5 Å². The van der Waals surface area contributed by atoms with Gasteiger partial charge in [0.2, 0.25) is 0 Å². The summed E-state index contributed by atoms with van der Waals surface area (Å²) >= 11 is 0.750. The molecule has 4 heteroatoms. The van der Waals surface area contributed by atoms with Gasteiger partial charge in [-0.3, -0.25) is 0 Å². The Morgan fingerprint density at radius 1 is 0.389 bits per heavy atom. The molecule has 36 heavy (non-hydrogen) atoms. The summed E-state index contributed by atoms with van der Waals surface area (Å²) in [6.07, 6.45) is 33.6. The summed E-state index contributed by atoms with van der Waals surface area (Å²) in [6, 6.07) is 0. The third-order valence-electron chi connectivity index (χ3n) is 5.52. The molecule has 0 radical (unpaired) electrons. The van der Waals surface area contributed by atoms with Crippen LogP contribution in [-0.4, -0.2) is 23.4 Å². The van der Waals surface area contributed by atoms with Gasteiger partial charge in [0.05, 0.1) is 0 Å². The molecule has 3 nitrogen and oxygen atoms in total. The van der Waals surface area contributed by atoms with Crippen LogP contribution in [0.15, 0.2) is 0 Å². The van der Waals surface area contributed by atoms with Crippen molar-refractivity contribution in [2.45, 2.75) is 183 Å². The second-order valence-electron chi connectivity index (χ2n) is 9.67. The zero-order valence-electron chi connectivity index (χ0n) is 25.9. The maximum absolute atomic E-state index is 8.61. The molecule has 0 saturated carbocycles. The minimum absolute atomic E-state index is 0.372. The first-order valence-electron chi connectivity index (χ1n) is 15.6. The van der Waals surface area contributed by atoms with Crippen molar-refractivity contribution in [3.63, 3.8) is 0 Å². The molecule has 0 aliphatic carbocycles. The third-order valence-corrected chi connectivity index (χ3v) is 5.52. The number of aliphatic hydroxyl groups excluding tert-OH is 2. The molecule has 0 unspecified atom stereocenters. The summed E-state index contributed by atoms with van der Waals surface area (Å²) in [5.41, 5.74) is 0. The molecule has 0 aromatic carbocycles. The molecule has 0 rings (SSSR count). The standard InChI is InChI=1S/C14H30O.C12H26O.2C3H7.O.Ti/c1-2-3-4-5-6-7-8-9-10-11-12-13-14-15;1-2-3-4-5-6-7-8-9-10-11-12-13;2*1-3-2;;/h15H,2-14H2,1H3;13H,2-12H2,1H3;2*3H,1-2H3;;/q;;2*-1;;+2. The fourth-order valence-corrected chi connectivity index (χ4v) is 3.55. The summed E-state index contributed by atoms with van der Waals surface area (Å²) in [4.78, 5) is 0. The van der Waals surface area contributed by atoms with E-state index >= 15 is 0 Å². The van der Waals surface area contributed by atoms with Crippen molar-refractivity contribution in [2.75, 3.05) is 13.2 Å². The number of unbranched alkanes of at least 4 members (excludes halogenated alkanes) is 20. The summed E-state index contributed by atoms with van der Waals surface area (Å²) in [7, 11) is 0. The van der Waals surface area contributed by atoms with Gasteiger partial charge >= 0.3 is 23.7 Å². The first kappa shape index (κ1) is 46.3. The Labute approximate surface area is 242 Å². The number of aliphatic hydroxyl groups is 2. The van der Waals surface area contributed by atoms with Crippen molar-refractivity contribution < 1.29 is 33.9 Å². The van der Waals surface area contributed by atoms with Gasteiger partial charge in [0.1, 0.15) is 0 Å². The molecule has 0 aliphatic heterocycles. The molecule has 2 N–H and O–H groups in total. The topological polar surface area (TPSA) is 57.5 Å². The number of hydrogen-bond donors (Lipinski definition) is 2. The quantitative estimate of drug-likeness (QED) is 0.0800. The normalized spacial score (nSPS) is 9.50. The zero-order chi connectivity index (χ0) is 28.4. The van der Waals surface area contributed by atoms with E-state index in [2.05, 4.69) is 13.8 Å². The summed E-state index contributed by atoms with van der Waals surface area (Å²) in [5, 5.41) is 17.2. The fourth-order valence-electron chi connectivity index (χ4n) is 3.55. The van der Waals surface area contributed by atoms with E-state index in [0.29, 0.717) is 13.2 Å². The predicted molar refractivity (Wildman–Crippen MR) is 159 cm³/mol. The van der Waals surface area contributed by atoms with Crippen molar-refractivity contribution in [3.05, 3.63) is 12.8 Å². The Morgan fingerprint density at radius 2 is 0.528 bits per heavy atom. The van der Waals surface area contributed by atoms with Gasteiger partial charge in [-0.15, -0.1) is 0 Å². The van der Waals surface area contributed by atoms with Crippen molar-refractivity contribution in [1.82, 2.24) is 0 Å². The van der Waals surface area contributed by atoms with Crippen molar-refractivity contribution in [3.8, 4) is 0 Å². The van der Waals surface area contributed by atoms with E-state index < -0.39 is 0 Å². The predicted octanol–water partition coefficient (Wildman–Crippen LogP) is 10.9. The molecule has 0 heterocycles. The van der Waals surface area contributed by atoms with Crippen LogP contribution in [0.1, 0.15) is 183 Å². The van der Waals surface area contributed by atoms with E-state index in [4.69, 9.17) is 13.5 Å². The Bertz CT molecular complexity index is 254. The third kappa shape index (κ3) is 76.5. The van der Waals surface area contributed by atoms with Crippen LogP contribution in [0.3, 0.4) is 0 Å². The van der Waals surface area contributed by atoms with Gasteiger partial charge in [-0.05, 0) is 12.8 Å². The van der Waals surface area contributed by atoms with Crippen LogP contribution < -0.4 is 0 Å². The Balaban J connectivity index is -0.000000138. The Kier molecular flexibility index (Phi) is 77.3. The van der Waals surface area contributed by atoms with Crippen LogP contribution in [-0.2, 0) is 23.7 Å². The molecule has 0 fully saturated rings. The van der Waals surface area contributed by atoms with Gasteiger partial charge in [0.25, 0.3) is 0 Å². The molecule has 0 aromatic rings. The summed E-state index contributed by atoms with van der Waals surface area (Å²) in [6.45, 7) is 13.3. The fraction of sp³-hybridized carbons (Fsp3) is 0.938. The number of hydrogen-bond acceptors (Lipinski definition) is 3. The Hall–Kier alpha value is 0.434. The summed E-state index contributed by atoms with van der Waals surface area (Å²) in [5.74, 6) is 0. The molecule has 0 aliphatic rings. The van der Waals surface area contributed by atoms with Crippen LogP contribution in [0.2, 0.25) is 0 Å². The van der Waals surface area contributed by atoms with Crippen molar-refractivity contribution in [1.29, 1.82) is 0 Å². The molecule has 0 saturated heterocycles. The van der Waals surface area contributed by atoms with Gasteiger partial charge in [-0.2, -0.15) is 27.7 Å². The van der Waals surface area contributed by atoms with E-state index in [9.17, 15) is 0 Å². The van der Waals surface area contributed by atoms with Gasteiger partial charge in [0.15, 0.2) is 0 Å². The van der Waals surface area contributed by atoms with E-state index in [1.54, 1.807) is 0 Å². The minimum atomic E-state index is 0.372. The summed E-state index contributed by atoms with van der Waals surface area (Å²) < 4.78 is 8.25. The maximum atomic E-state index is 8.61. The molecule has 220 valence electrons. The number of rotatable bonds is 22. The van der Waals surface area contributed by atoms with Crippen LogP contribution in [0.25, 0.3) is 0 Å². The van der Waals surface area contributed by atoms with Crippen LogP contribution >= 0.6 is 0 Å². The van der Waals surface area contributed by atoms with Gasteiger partial charge in [-0.25, -0.2) is 0 Å². The molecule has 0 bridgehead atoms. The van der Waals surface area contributed by atoms with Crippen LogP contribution in [0.5, 0.6) is 0 Å². The van der Waals surface area contributed by atoms with Crippen molar-refractivity contribution in [2.24, 2.45) is 0 Å². The molecular formula is C32H70O3Ti. The second kappa shape index (κ2) is 60.1. The Morgan fingerprint density at radius 3 is 0.667 bits per heavy atom. The van der Waals surface area contributed by atoms with Gasteiger partial charge < -0.3 is 23.1 Å². The van der Waals surface area contributed by atoms with Gasteiger partial charge in [0, 0.05) is 13.2 Å². The average molecular weight is 551 g/mol. The van der Waals surface area contributed by atoms with Crippen LogP contribution in [0, 0.1) is 12.8 Å². The van der Waals surface area contributed by atoms with Crippen molar-refractivity contribution >= 4 is 0 Å². The SMILES string of the molecule is CCCCCCCCCCCCCCO.CCCCCCCCCCCCO.C[CH-]C.C[CH-]C.[O]=[Ti+2]. The molecule has 0 aromatic heterocycles. The zero-order valence-corrected chi connectivity index (χ0v) is 27.5. The van der Waals surface area contributed by atoms with Gasteiger partial charge in [-0.1, -0.05) is 142 Å². The first-order chi connectivity index (χ1) is 17.7. The van der Waals surface area contributed by atoms with E-state index in [-0.39, 0.29) is 0 Å². The molecule has 0 spiro atoms. The molecule has 0 amide bonds. The van der Waals surface area contributed by atoms with Crippen LogP contribution in [0.4, 0.5) is 0 Å². The first-order valence-corrected chi connectivity index (χ1v) is 16.2. The van der Waals surface area contributed by atoms with E-state index in [1.165, 1.54) is 128 Å². The van der Waals surface area contributed by atoms with E-state index in [0.717, 1.165) is 33.2 Å². The monoisotopic (exact) mass is 550 g/mol. The molecular weight excluding hydrogens is 480 g/mol. The molecule has 0 atom stereocenters. The average Bonchev–Trinajstić information content (AvgIpc) is 2.89.